The standard InChI is InChI=1S/C18H18N2O4/c1-3-20-15-10-13(6-9-16(15)24-11-17(20)21)19-18(22)12-4-7-14(23-2)8-5-12/h4-10H,3,11H2,1-2H3,(H,19,22). The molecule has 0 radical (unpaired) electrons. The van der Waals surface area contributed by atoms with Crippen LogP contribution in [-0.2, 0) is 4.79 Å². The van der Waals surface area contributed by atoms with Crippen molar-refractivity contribution in [1.82, 2.24) is 0 Å². The fraction of sp³-hybridized carbons (Fsp3) is 0.222. The van der Waals surface area contributed by atoms with E-state index in [4.69, 9.17) is 9.47 Å². The van der Waals surface area contributed by atoms with Gasteiger partial charge in [0.2, 0.25) is 0 Å². The molecule has 0 saturated heterocycles. The molecule has 2 aromatic carbocycles. The second-order valence-electron chi connectivity index (χ2n) is 5.29. The van der Waals surface area contributed by atoms with Crippen molar-refractivity contribution < 1.29 is 19.1 Å². The van der Waals surface area contributed by atoms with Crippen molar-refractivity contribution in [2.24, 2.45) is 0 Å². The summed E-state index contributed by atoms with van der Waals surface area (Å²) >= 11 is 0. The number of nitrogens with one attached hydrogen (secondary N) is 1. The van der Waals surface area contributed by atoms with Crippen LogP contribution in [0.4, 0.5) is 11.4 Å². The third-order valence-electron chi connectivity index (χ3n) is 3.83. The topological polar surface area (TPSA) is 67.9 Å². The first-order valence-electron chi connectivity index (χ1n) is 7.65. The van der Waals surface area contributed by atoms with Crippen LogP contribution >= 0.6 is 0 Å². The fourth-order valence-corrected chi connectivity index (χ4v) is 2.57. The zero-order chi connectivity index (χ0) is 17.1. The molecule has 1 heterocycles. The van der Waals surface area contributed by atoms with Gasteiger partial charge in [-0.1, -0.05) is 0 Å². The van der Waals surface area contributed by atoms with Gasteiger partial charge in [-0.2, -0.15) is 0 Å². The maximum Gasteiger partial charge on any atom is 0.265 e. The number of amides is 2. The smallest absolute Gasteiger partial charge is 0.265 e. The molecule has 3 rings (SSSR count). The van der Waals surface area contributed by atoms with Crippen LogP contribution in [0.1, 0.15) is 17.3 Å². The average molecular weight is 326 g/mol. The highest BCUT2D eigenvalue weighted by molar-refractivity contribution is 6.05. The Kier molecular flexibility index (Phi) is 4.37. The van der Waals surface area contributed by atoms with Crippen molar-refractivity contribution in [3.8, 4) is 11.5 Å². The van der Waals surface area contributed by atoms with Gasteiger partial charge in [0.1, 0.15) is 11.5 Å². The normalized spacial score (nSPS) is 13.1. The first kappa shape index (κ1) is 15.9. The predicted octanol–water partition coefficient (Wildman–Crippen LogP) is 2.69. The second-order valence-corrected chi connectivity index (χ2v) is 5.29. The molecule has 0 aromatic heterocycles. The van der Waals surface area contributed by atoms with Gasteiger partial charge in [0.25, 0.3) is 11.8 Å². The fourth-order valence-electron chi connectivity index (χ4n) is 2.57. The molecule has 1 aliphatic heterocycles. The Morgan fingerprint density at radius 3 is 2.67 bits per heavy atom. The number of carbonyl (C=O) groups excluding carboxylic acids is 2. The number of anilines is 2. The van der Waals surface area contributed by atoms with E-state index in [0.717, 1.165) is 0 Å². The van der Waals surface area contributed by atoms with Gasteiger partial charge in [-0.05, 0) is 49.4 Å². The van der Waals surface area contributed by atoms with Gasteiger partial charge in [0.05, 0.1) is 12.8 Å². The lowest BCUT2D eigenvalue weighted by Gasteiger charge is -2.28. The molecular formula is C18H18N2O4. The Bertz CT molecular complexity index is 771. The molecule has 6 heteroatoms. The maximum absolute atomic E-state index is 12.3. The molecule has 0 fully saturated rings. The van der Waals surface area contributed by atoms with Crippen molar-refractivity contribution in [1.29, 1.82) is 0 Å². The summed E-state index contributed by atoms with van der Waals surface area (Å²) in [5, 5.41) is 2.83. The van der Waals surface area contributed by atoms with Gasteiger partial charge < -0.3 is 19.7 Å². The molecule has 0 saturated carbocycles. The van der Waals surface area contributed by atoms with Gasteiger partial charge in [-0.25, -0.2) is 0 Å². The molecule has 0 aliphatic carbocycles. The van der Waals surface area contributed by atoms with Crippen LogP contribution in [0.25, 0.3) is 0 Å². The number of hydrogen-bond acceptors (Lipinski definition) is 4. The van der Waals surface area contributed by atoms with E-state index in [1.807, 2.05) is 6.92 Å². The van der Waals surface area contributed by atoms with Crippen LogP contribution in [-0.4, -0.2) is 32.1 Å². The number of ether oxygens (including phenoxy) is 2. The first-order chi connectivity index (χ1) is 11.6. The molecule has 0 bridgehead atoms. The highest BCUT2D eigenvalue weighted by atomic mass is 16.5. The summed E-state index contributed by atoms with van der Waals surface area (Å²) in [5.74, 6) is 1.00. The summed E-state index contributed by atoms with van der Waals surface area (Å²) in [5.41, 5.74) is 1.79. The number of methoxy groups -OCH3 is 1. The lowest BCUT2D eigenvalue weighted by molar-refractivity contribution is -0.121. The maximum atomic E-state index is 12.3. The van der Waals surface area contributed by atoms with Crippen LogP contribution in [0.5, 0.6) is 11.5 Å². The number of carbonyl (C=O) groups is 2. The third kappa shape index (κ3) is 3.03. The summed E-state index contributed by atoms with van der Waals surface area (Å²) in [6, 6.07) is 12.1. The average Bonchev–Trinajstić information content (AvgIpc) is 2.61. The SMILES string of the molecule is CCN1C(=O)COc2ccc(NC(=O)c3ccc(OC)cc3)cc21. The van der Waals surface area contributed by atoms with Gasteiger partial charge in [0.15, 0.2) is 6.61 Å². The van der Waals surface area contributed by atoms with E-state index < -0.39 is 0 Å². The summed E-state index contributed by atoms with van der Waals surface area (Å²) in [4.78, 5) is 25.9. The Morgan fingerprint density at radius 2 is 2.00 bits per heavy atom. The molecule has 124 valence electrons. The Labute approximate surface area is 140 Å². The van der Waals surface area contributed by atoms with Crippen LogP contribution in [0.3, 0.4) is 0 Å². The molecule has 0 atom stereocenters. The largest absolute Gasteiger partial charge is 0.497 e. The second kappa shape index (κ2) is 6.62. The van der Waals surface area contributed by atoms with E-state index in [9.17, 15) is 9.59 Å². The minimum Gasteiger partial charge on any atom is -0.497 e. The van der Waals surface area contributed by atoms with Crippen molar-refractivity contribution in [2.75, 3.05) is 30.5 Å². The molecule has 0 unspecified atom stereocenters. The summed E-state index contributed by atoms with van der Waals surface area (Å²) in [7, 11) is 1.57. The number of benzene rings is 2. The molecule has 0 spiro atoms. The molecule has 2 amide bonds. The van der Waals surface area contributed by atoms with Crippen LogP contribution in [0, 0.1) is 0 Å². The van der Waals surface area contributed by atoms with E-state index in [1.54, 1.807) is 54.5 Å². The Balaban J connectivity index is 1.81. The van der Waals surface area contributed by atoms with Crippen molar-refractivity contribution in [3.05, 3.63) is 48.0 Å². The lowest BCUT2D eigenvalue weighted by Crippen LogP contribution is -2.38. The van der Waals surface area contributed by atoms with Gasteiger partial charge in [0, 0.05) is 17.8 Å². The van der Waals surface area contributed by atoms with Gasteiger partial charge in [-0.15, -0.1) is 0 Å². The summed E-state index contributed by atoms with van der Waals surface area (Å²) < 4.78 is 10.5. The molecule has 1 aliphatic rings. The molecular weight excluding hydrogens is 308 g/mol. The minimum absolute atomic E-state index is 0.0401. The van der Waals surface area contributed by atoms with Crippen molar-refractivity contribution >= 4 is 23.2 Å². The minimum atomic E-state index is -0.233. The van der Waals surface area contributed by atoms with Crippen LogP contribution in [0.2, 0.25) is 0 Å². The van der Waals surface area contributed by atoms with Crippen molar-refractivity contribution in [2.45, 2.75) is 6.92 Å². The van der Waals surface area contributed by atoms with Gasteiger partial charge >= 0.3 is 0 Å². The zero-order valence-electron chi connectivity index (χ0n) is 13.5. The molecule has 24 heavy (non-hydrogen) atoms. The molecule has 2 aromatic rings. The van der Waals surface area contributed by atoms with E-state index in [1.165, 1.54) is 0 Å². The van der Waals surface area contributed by atoms with Gasteiger partial charge in [-0.3, -0.25) is 9.59 Å². The summed E-state index contributed by atoms with van der Waals surface area (Å²) in [6.07, 6.45) is 0. The first-order valence-corrected chi connectivity index (χ1v) is 7.65. The molecule has 1 N–H and O–H groups in total. The number of fused-ring (bicyclic) bond motifs is 1. The Morgan fingerprint density at radius 1 is 1.25 bits per heavy atom. The quantitative estimate of drug-likeness (QED) is 0.938. The van der Waals surface area contributed by atoms with Crippen LogP contribution < -0.4 is 19.7 Å². The van der Waals surface area contributed by atoms with E-state index in [0.29, 0.717) is 35.0 Å². The highest BCUT2D eigenvalue weighted by Crippen LogP contribution is 2.34. The number of hydrogen-bond donors (Lipinski definition) is 1. The van der Waals surface area contributed by atoms with Crippen molar-refractivity contribution in [3.63, 3.8) is 0 Å². The monoisotopic (exact) mass is 326 g/mol. The summed E-state index contributed by atoms with van der Waals surface area (Å²) in [6.45, 7) is 2.49. The van der Waals surface area contributed by atoms with E-state index in [-0.39, 0.29) is 18.4 Å². The predicted molar refractivity (Wildman–Crippen MR) is 90.9 cm³/mol. The van der Waals surface area contributed by atoms with Crippen LogP contribution in [0.15, 0.2) is 42.5 Å². The third-order valence-corrected chi connectivity index (χ3v) is 3.83. The van der Waals surface area contributed by atoms with E-state index in [2.05, 4.69) is 5.32 Å². The molecule has 6 nitrogen and oxygen atoms in total. The highest BCUT2D eigenvalue weighted by Gasteiger charge is 2.24. The number of likely N-dealkylation sites (N-methyl/N-ethyl adjacent to an activating group) is 1. The number of rotatable bonds is 4. The number of nitrogens with zero attached hydrogens (tertiary/aromatic N) is 1. The zero-order valence-corrected chi connectivity index (χ0v) is 13.5. The van der Waals surface area contributed by atoms with E-state index >= 15 is 0 Å². The Hall–Kier alpha value is -3.02. The lowest BCUT2D eigenvalue weighted by atomic mass is 10.1.